The number of benzene rings is 2. The van der Waals surface area contributed by atoms with Crippen molar-refractivity contribution in [1.82, 2.24) is 9.29 Å². The predicted octanol–water partition coefficient (Wildman–Crippen LogP) is 4.53. The topological polar surface area (TPSA) is 50.3 Å². The first-order valence-electron chi connectivity index (χ1n) is 8.61. The molecule has 0 aliphatic carbocycles. The summed E-state index contributed by atoms with van der Waals surface area (Å²) in [4.78, 5) is 5.01. The van der Waals surface area contributed by atoms with Gasteiger partial charge in [0.05, 0.1) is 15.1 Å². The minimum absolute atomic E-state index is 0.374. The molecule has 0 amide bonds. The molecule has 1 aliphatic heterocycles. The van der Waals surface area contributed by atoms with E-state index in [1.807, 2.05) is 30.3 Å². The van der Waals surface area contributed by atoms with Gasteiger partial charge in [-0.1, -0.05) is 37.1 Å². The van der Waals surface area contributed by atoms with Gasteiger partial charge in [0, 0.05) is 18.7 Å². The molecule has 1 aromatic heterocycles. The minimum Gasteiger partial charge on any atom is -0.236 e. The molecule has 0 atom stereocenters. The fraction of sp³-hybridized carbons (Fsp3) is 0.316. The van der Waals surface area contributed by atoms with Crippen LogP contribution in [0, 0.1) is 0 Å². The molecule has 2 heterocycles. The normalized spacial score (nSPS) is 16.8. The first-order valence-corrected chi connectivity index (χ1v) is 10.9. The summed E-state index contributed by atoms with van der Waals surface area (Å²) < 4.78 is 28.5. The molecule has 1 fully saturated rings. The second-order valence-electron chi connectivity index (χ2n) is 6.33. The van der Waals surface area contributed by atoms with E-state index in [4.69, 9.17) is 0 Å². The zero-order valence-corrected chi connectivity index (χ0v) is 15.5. The zero-order chi connectivity index (χ0) is 17.3. The lowest BCUT2D eigenvalue weighted by Crippen LogP contribution is -2.31. The maximum absolute atomic E-state index is 12.8. The zero-order valence-electron chi connectivity index (χ0n) is 13.9. The van der Waals surface area contributed by atoms with E-state index >= 15 is 0 Å². The average molecular weight is 373 g/mol. The van der Waals surface area contributed by atoms with Gasteiger partial charge in [-0.05, 0) is 37.1 Å². The second-order valence-corrected chi connectivity index (χ2v) is 9.30. The Morgan fingerprint density at radius 1 is 0.880 bits per heavy atom. The Balaban J connectivity index is 1.62. The number of hydrogen-bond donors (Lipinski definition) is 0. The molecule has 1 saturated heterocycles. The van der Waals surface area contributed by atoms with Crippen LogP contribution in [0.2, 0.25) is 0 Å². The third-order valence-electron chi connectivity index (χ3n) is 4.60. The van der Waals surface area contributed by atoms with Gasteiger partial charge in [0.1, 0.15) is 5.01 Å². The van der Waals surface area contributed by atoms with Gasteiger partial charge in [0.2, 0.25) is 10.0 Å². The number of sulfonamides is 1. The van der Waals surface area contributed by atoms with E-state index in [0.717, 1.165) is 46.5 Å². The predicted molar refractivity (Wildman–Crippen MR) is 102 cm³/mol. The molecule has 2 aromatic carbocycles. The van der Waals surface area contributed by atoms with Gasteiger partial charge in [-0.15, -0.1) is 11.3 Å². The second kappa shape index (κ2) is 6.86. The van der Waals surface area contributed by atoms with Crippen LogP contribution in [0.5, 0.6) is 0 Å². The standard InChI is InChI=1S/C19H20N2O2S2/c22-25(23,21-13-5-1-2-6-14-21)16-11-9-15(10-12-16)19-20-17-7-3-4-8-18(17)24-19/h3-4,7-12H,1-2,5-6,13-14H2. The number of thiazole rings is 1. The van der Waals surface area contributed by atoms with E-state index < -0.39 is 10.0 Å². The van der Waals surface area contributed by atoms with Crippen molar-refractivity contribution in [2.45, 2.75) is 30.6 Å². The fourth-order valence-electron chi connectivity index (χ4n) is 3.20. The molecule has 4 nitrogen and oxygen atoms in total. The Hall–Kier alpha value is -1.76. The van der Waals surface area contributed by atoms with Crippen molar-refractivity contribution in [2.75, 3.05) is 13.1 Å². The van der Waals surface area contributed by atoms with Crippen LogP contribution in [-0.4, -0.2) is 30.8 Å². The molecule has 25 heavy (non-hydrogen) atoms. The Bertz CT molecular complexity index is 937. The summed E-state index contributed by atoms with van der Waals surface area (Å²) in [5, 5.41) is 0.917. The van der Waals surface area contributed by atoms with Crippen molar-refractivity contribution in [3.63, 3.8) is 0 Å². The van der Waals surface area contributed by atoms with Gasteiger partial charge >= 0.3 is 0 Å². The average Bonchev–Trinajstić information content (AvgIpc) is 2.87. The largest absolute Gasteiger partial charge is 0.243 e. The van der Waals surface area contributed by atoms with E-state index in [0.29, 0.717) is 18.0 Å². The number of para-hydroxylation sites is 1. The molecule has 4 rings (SSSR count). The molecule has 0 spiro atoms. The van der Waals surface area contributed by atoms with Gasteiger partial charge in [-0.25, -0.2) is 13.4 Å². The molecule has 0 saturated carbocycles. The van der Waals surface area contributed by atoms with Crippen LogP contribution < -0.4 is 0 Å². The lowest BCUT2D eigenvalue weighted by molar-refractivity contribution is 0.424. The minimum atomic E-state index is -3.39. The smallest absolute Gasteiger partial charge is 0.236 e. The number of hydrogen-bond acceptors (Lipinski definition) is 4. The van der Waals surface area contributed by atoms with Crippen LogP contribution >= 0.6 is 11.3 Å². The Labute approximate surface area is 152 Å². The van der Waals surface area contributed by atoms with Crippen LogP contribution in [-0.2, 0) is 10.0 Å². The summed E-state index contributed by atoms with van der Waals surface area (Å²) in [5.74, 6) is 0. The van der Waals surface area contributed by atoms with E-state index in [9.17, 15) is 8.42 Å². The number of aromatic nitrogens is 1. The van der Waals surface area contributed by atoms with Crippen LogP contribution in [0.15, 0.2) is 53.4 Å². The summed E-state index contributed by atoms with van der Waals surface area (Å²) in [6.07, 6.45) is 4.12. The highest BCUT2D eigenvalue weighted by atomic mass is 32.2. The van der Waals surface area contributed by atoms with Crippen molar-refractivity contribution in [2.24, 2.45) is 0 Å². The monoisotopic (exact) mass is 372 g/mol. The number of nitrogens with zero attached hydrogens (tertiary/aromatic N) is 2. The van der Waals surface area contributed by atoms with Crippen LogP contribution in [0.1, 0.15) is 25.7 Å². The first kappa shape index (κ1) is 16.7. The van der Waals surface area contributed by atoms with Crippen molar-refractivity contribution in [3.05, 3.63) is 48.5 Å². The molecule has 0 N–H and O–H groups in total. The van der Waals surface area contributed by atoms with E-state index in [2.05, 4.69) is 11.1 Å². The van der Waals surface area contributed by atoms with Crippen molar-refractivity contribution < 1.29 is 8.42 Å². The maximum atomic E-state index is 12.8. The third kappa shape index (κ3) is 3.34. The molecule has 1 aliphatic rings. The highest BCUT2D eigenvalue weighted by molar-refractivity contribution is 7.89. The molecule has 0 bridgehead atoms. The van der Waals surface area contributed by atoms with Gasteiger partial charge < -0.3 is 0 Å². The molecular formula is C19H20N2O2S2. The lowest BCUT2D eigenvalue weighted by Gasteiger charge is -2.19. The fourth-order valence-corrected chi connectivity index (χ4v) is 5.68. The quantitative estimate of drug-likeness (QED) is 0.679. The van der Waals surface area contributed by atoms with Crippen LogP contribution in [0.25, 0.3) is 20.8 Å². The van der Waals surface area contributed by atoms with Gasteiger partial charge in [0.15, 0.2) is 0 Å². The summed E-state index contributed by atoms with van der Waals surface area (Å²) in [6.45, 7) is 1.25. The highest BCUT2D eigenvalue weighted by Gasteiger charge is 2.25. The van der Waals surface area contributed by atoms with Crippen molar-refractivity contribution in [3.8, 4) is 10.6 Å². The highest BCUT2D eigenvalue weighted by Crippen LogP contribution is 2.31. The molecule has 0 unspecified atom stereocenters. The van der Waals surface area contributed by atoms with Gasteiger partial charge in [-0.3, -0.25) is 0 Å². The molecule has 3 aromatic rings. The van der Waals surface area contributed by atoms with Gasteiger partial charge in [0.25, 0.3) is 0 Å². The number of fused-ring (bicyclic) bond motifs is 1. The van der Waals surface area contributed by atoms with Crippen LogP contribution in [0.3, 0.4) is 0 Å². The Morgan fingerprint density at radius 3 is 2.24 bits per heavy atom. The van der Waals surface area contributed by atoms with E-state index in [1.165, 1.54) is 0 Å². The van der Waals surface area contributed by atoms with Crippen molar-refractivity contribution in [1.29, 1.82) is 0 Å². The van der Waals surface area contributed by atoms with Crippen molar-refractivity contribution >= 4 is 31.6 Å². The molecule has 6 heteroatoms. The maximum Gasteiger partial charge on any atom is 0.243 e. The van der Waals surface area contributed by atoms with E-state index in [-0.39, 0.29) is 0 Å². The Kier molecular flexibility index (Phi) is 4.58. The van der Waals surface area contributed by atoms with Crippen LogP contribution in [0.4, 0.5) is 0 Å². The molecular weight excluding hydrogens is 352 g/mol. The molecule has 130 valence electrons. The lowest BCUT2D eigenvalue weighted by atomic mass is 10.2. The summed E-state index contributed by atoms with van der Waals surface area (Å²) in [7, 11) is -3.39. The summed E-state index contributed by atoms with van der Waals surface area (Å²) in [5.41, 5.74) is 1.93. The first-order chi connectivity index (χ1) is 12.1. The summed E-state index contributed by atoms with van der Waals surface area (Å²) in [6, 6.07) is 15.2. The Morgan fingerprint density at radius 2 is 1.56 bits per heavy atom. The molecule has 0 radical (unpaired) electrons. The van der Waals surface area contributed by atoms with Gasteiger partial charge in [-0.2, -0.15) is 4.31 Å². The third-order valence-corrected chi connectivity index (χ3v) is 7.60. The van der Waals surface area contributed by atoms with E-state index in [1.54, 1.807) is 27.8 Å². The number of rotatable bonds is 3. The SMILES string of the molecule is O=S(=O)(c1ccc(-c2nc3ccccc3s2)cc1)N1CCCCCC1. The summed E-state index contributed by atoms with van der Waals surface area (Å²) >= 11 is 1.62.